The monoisotopic (exact) mass is 432 g/mol. The van der Waals surface area contributed by atoms with Crippen LogP contribution in [0.2, 0.25) is 0 Å². The van der Waals surface area contributed by atoms with E-state index in [4.69, 9.17) is 11.3 Å². The highest BCUT2D eigenvalue weighted by atomic mass is 15.3. The second kappa shape index (κ2) is 8.59. The quantitative estimate of drug-likeness (QED) is 0.101. The SMILES string of the molecule is CNc1ccccc1-c1ccc(Cn2c3ccccc3c3cc(C(=N)N=NN)ccc32)cc1. The van der Waals surface area contributed by atoms with Gasteiger partial charge < -0.3 is 15.7 Å². The zero-order chi connectivity index (χ0) is 22.8. The van der Waals surface area contributed by atoms with Gasteiger partial charge in [-0.3, -0.25) is 5.41 Å². The number of amidine groups is 1. The second-order valence-electron chi connectivity index (χ2n) is 7.89. The van der Waals surface area contributed by atoms with Gasteiger partial charge in [0, 0.05) is 52.2 Å². The molecule has 0 aliphatic carbocycles. The van der Waals surface area contributed by atoms with E-state index in [-0.39, 0.29) is 5.84 Å². The standard InChI is InChI=1S/C27H24N6/c1-30-24-8-4-2-6-21(24)19-12-10-18(11-13-19)17-33-25-9-5-3-7-22(25)23-16-20(14-15-26(23)33)27(28)31-32-29/h2-16,30H,17H2,1H3,(H3,28,29,31). The van der Waals surface area contributed by atoms with Gasteiger partial charge in [-0.1, -0.05) is 65.9 Å². The van der Waals surface area contributed by atoms with Crippen LogP contribution in [0.1, 0.15) is 11.1 Å². The van der Waals surface area contributed by atoms with Gasteiger partial charge in [0.15, 0.2) is 5.84 Å². The number of nitrogens with zero attached hydrogens (tertiary/aromatic N) is 3. The minimum Gasteiger partial charge on any atom is -0.388 e. The Morgan fingerprint density at radius 2 is 1.61 bits per heavy atom. The van der Waals surface area contributed by atoms with E-state index >= 15 is 0 Å². The molecule has 1 heterocycles. The third kappa shape index (κ3) is 3.72. The Kier molecular flexibility index (Phi) is 5.32. The van der Waals surface area contributed by atoms with Gasteiger partial charge in [0.05, 0.1) is 0 Å². The zero-order valence-electron chi connectivity index (χ0n) is 18.3. The molecule has 5 rings (SSSR count). The van der Waals surface area contributed by atoms with Crippen molar-refractivity contribution in [2.24, 2.45) is 16.2 Å². The fourth-order valence-electron chi connectivity index (χ4n) is 4.41. The summed E-state index contributed by atoms with van der Waals surface area (Å²) in [5.41, 5.74) is 7.66. The molecule has 0 fully saturated rings. The van der Waals surface area contributed by atoms with Crippen molar-refractivity contribution in [2.75, 3.05) is 12.4 Å². The number of fused-ring (bicyclic) bond motifs is 3. The molecule has 0 spiro atoms. The topological polar surface area (TPSA) is 91.5 Å². The molecule has 0 bridgehead atoms. The number of rotatable bonds is 5. The highest BCUT2D eigenvalue weighted by molar-refractivity contribution is 6.11. The molecule has 162 valence electrons. The highest BCUT2D eigenvalue weighted by Crippen LogP contribution is 2.32. The number of nitrogens with one attached hydrogen (secondary N) is 2. The van der Waals surface area contributed by atoms with Crippen LogP contribution in [0.3, 0.4) is 0 Å². The number of hydrogen-bond acceptors (Lipinski definition) is 3. The Balaban J connectivity index is 1.55. The van der Waals surface area contributed by atoms with Gasteiger partial charge in [-0.05, 0) is 41.5 Å². The van der Waals surface area contributed by atoms with Crippen LogP contribution in [-0.2, 0) is 6.54 Å². The Bertz CT molecular complexity index is 1490. The minimum atomic E-state index is 0.0497. The normalized spacial score (nSPS) is 11.4. The second-order valence-corrected chi connectivity index (χ2v) is 7.89. The molecule has 5 aromatic rings. The molecule has 0 unspecified atom stereocenters. The first kappa shape index (κ1) is 20.5. The molecule has 0 aliphatic rings. The van der Waals surface area contributed by atoms with E-state index in [2.05, 4.69) is 80.9 Å². The lowest BCUT2D eigenvalue weighted by molar-refractivity contribution is 0.869. The summed E-state index contributed by atoms with van der Waals surface area (Å²) >= 11 is 0. The van der Waals surface area contributed by atoms with Crippen molar-refractivity contribution < 1.29 is 0 Å². The van der Waals surface area contributed by atoms with Crippen LogP contribution in [0, 0.1) is 5.41 Å². The molecular weight excluding hydrogens is 408 g/mol. The first-order chi connectivity index (χ1) is 16.2. The summed E-state index contributed by atoms with van der Waals surface area (Å²) in [6.45, 7) is 0.747. The van der Waals surface area contributed by atoms with Gasteiger partial charge in [-0.25, -0.2) is 0 Å². The lowest BCUT2D eigenvalue weighted by Gasteiger charge is -2.11. The van der Waals surface area contributed by atoms with Crippen LogP contribution in [-0.4, -0.2) is 17.5 Å². The van der Waals surface area contributed by atoms with E-state index in [9.17, 15) is 0 Å². The lowest BCUT2D eigenvalue weighted by Crippen LogP contribution is -2.00. The maximum absolute atomic E-state index is 8.07. The van der Waals surface area contributed by atoms with Gasteiger partial charge in [-0.15, -0.1) is 5.11 Å². The van der Waals surface area contributed by atoms with E-state index in [1.54, 1.807) is 0 Å². The van der Waals surface area contributed by atoms with Gasteiger partial charge in [0.1, 0.15) is 0 Å². The summed E-state index contributed by atoms with van der Waals surface area (Å²) in [6, 6.07) is 31.3. The van der Waals surface area contributed by atoms with E-state index in [0.29, 0.717) is 5.56 Å². The smallest absolute Gasteiger partial charge is 0.176 e. The number of para-hydroxylation sites is 2. The van der Waals surface area contributed by atoms with Crippen molar-refractivity contribution >= 4 is 33.3 Å². The molecule has 1 aromatic heterocycles. The summed E-state index contributed by atoms with van der Waals surface area (Å²) in [5.74, 6) is 5.18. The molecule has 0 saturated heterocycles. The van der Waals surface area contributed by atoms with Crippen molar-refractivity contribution in [1.29, 1.82) is 5.41 Å². The van der Waals surface area contributed by atoms with Crippen molar-refractivity contribution in [3.05, 3.63) is 102 Å². The third-order valence-electron chi connectivity index (χ3n) is 6.01. The highest BCUT2D eigenvalue weighted by Gasteiger charge is 2.13. The van der Waals surface area contributed by atoms with Crippen LogP contribution in [0.15, 0.2) is 101 Å². The van der Waals surface area contributed by atoms with Crippen LogP contribution >= 0.6 is 0 Å². The van der Waals surface area contributed by atoms with E-state index in [1.165, 1.54) is 16.7 Å². The molecule has 0 saturated carbocycles. The number of anilines is 1. The maximum Gasteiger partial charge on any atom is 0.176 e. The molecular formula is C27H24N6. The number of aromatic nitrogens is 1. The number of hydrogen-bond donors (Lipinski definition) is 3. The fourth-order valence-corrected chi connectivity index (χ4v) is 4.41. The van der Waals surface area contributed by atoms with Crippen molar-refractivity contribution in [1.82, 2.24) is 4.57 Å². The number of benzene rings is 4. The van der Waals surface area contributed by atoms with Crippen LogP contribution < -0.4 is 11.2 Å². The Hall–Kier alpha value is -4.45. The van der Waals surface area contributed by atoms with E-state index < -0.39 is 0 Å². The Morgan fingerprint density at radius 3 is 2.39 bits per heavy atom. The van der Waals surface area contributed by atoms with Gasteiger partial charge in [-0.2, -0.15) is 0 Å². The zero-order valence-corrected chi connectivity index (χ0v) is 18.3. The predicted molar refractivity (Wildman–Crippen MR) is 136 cm³/mol. The first-order valence-electron chi connectivity index (χ1n) is 10.8. The molecule has 6 nitrogen and oxygen atoms in total. The largest absolute Gasteiger partial charge is 0.388 e. The molecule has 0 radical (unpaired) electrons. The van der Waals surface area contributed by atoms with Gasteiger partial charge in [0.25, 0.3) is 0 Å². The first-order valence-corrected chi connectivity index (χ1v) is 10.8. The van der Waals surface area contributed by atoms with Crippen LogP contribution in [0.5, 0.6) is 0 Å². The fraction of sp³-hybridized carbons (Fsp3) is 0.0741. The van der Waals surface area contributed by atoms with Crippen molar-refractivity contribution in [3.63, 3.8) is 0 Å². The predicted octanol–water partition coefficient (Wildman–Crippen LogP) is 6.20. The van der Waals surface area contributed by atoms with Gasteiger partial charge >= 0.3 is 0 Å². The minimum absolute atomic E-state index is 0.0497. The van der Waals surface area contributed by atoms with E-state index in [1.807, 2.05) is 37.4 Å². The molecule has 33 heavy (non-hydrogen) atoms. The summed E-state index contributed by atoms with van der Waals surface area (Å²) in [5, 5.41) is 20.5. The summed E-state index contributed by atoms with van der Waals surface area (Å²) in [4.78, 5) is 0. The van der Waals surface area contributed by atoms with Crippen LogP contribution in [0.4, 0.5) is 5.69 Å². The van der Waals surface area contributed by atoms with Crippen molar-refractivity contribution in [3.8, 4) is 11.1 Å². The summed E-state index contributed by atoms with van der Waals surface area (Å²) < 4.78 is 2.32. The van der Waals surface area contributed by atoms with E-state index in [0.717, 1.165) is 34.0 Å². The molecule has 0 atom stereocenters. The Morgan fingerprint density at radius 1 is 0.879 bits per heavy atom. The lowest BCUT2D eigenvalue weighted by atomic mass is 10.0. The molecule has 4 N–H and O–H groups in total. The van der Waals surface area contributed by atoms with Crippen molar-refractivity contribution in [2.45, 2.75) is 6.54 Å². The molecule has 4 aromatic carbocycles. The molecule has 0 aliphatic heterocycles. The third-order valence-corrected chi connectivity index (χ3v) is 6.01. The molecule has 0 amide bonds. The summed E-state index contributed by atoms with van der Waals surface area (Å²) in [7, 11) is 1.95. The average molecular weight is 433 g/mol. The van der Waals surface area contributed by atoms with Gasteiger partial charge in [0.2, 0.25) is 0 Å². The number of nitrogens with two attached hydrogens (primary N) is 1. The Labute approximate surface area is 191 Å². The van der Waals surface area contributed by atoms with Crippen LogP contribution in [0.25, 0.3) is 32.9 Å². The average Bonchev–Trinajstić information content (AvgIpc) is 3.17. The molecule has 6 heteroatoms. The summed E-state index contributed by atoms with van der Waals surface area (Å²) in [6.07, 6.45) is 0. The maximum atomic E-state index is 8.07.